The van der Waals surface area contributed by atoms with Gasteiger partial charge < -0.3 is 18.8 Å². The van der Waals surface area contributed by atoms with Crippen LogP contribution < -0.4 is 4.90 Å². The summed E-state index contributed by atoms with van der Waals surface area (Å²) in [5, 5.41) is 9.41. The lowest BCUT2D eigenvalue weighted by molar-refractivity contribution is -0.137. The number of benzene rings is 1. The van der Waals surface area contributed by atoms with Gasteiger partial charge in [0.15, 0.2) is 17.3 Å². The van der Waals surface area contributed by atoms with E-state index >= 15 is 0 Å². The number of halogens is 3. The van der Waals surface area contributed by atoms with Crippen LogP contribution >= 0.6 is 11.8 Å². The predicted molar refractivity (Wildman–Crippen MR) is 128 cm³/mol. The highest BCUT2D eigenvalue weighted by Gasteiger charge is 2.38. The number of nitrogens with zero attached hydrogens (tertiary/aromatic N) is 6. The molecule has 0 bridgehead atoms. The fourth-order valence-electron chi connectivity index (χ4n) is 5.18. The fourth-order valence-corrected chi connectivity index (χ4v) is 6.01. The summed E-state index contributed by atoms with van der Waals surface area (Å²) in [6, 6.07) is 6.00. The van der Waals surface area contributed by atoms with Crippen molar-refractivity contribution in [3.63, 3.8) is 0 Å². The number of aromatic nitrogens is 4. The van der Waals surface area contributed by atoms with Gasteiger partial charge in [-0.2, -0.15) is 13.2 Å². The van der Waals surface area contributed by atoms with E-state index < -0.39 is 11.7 Å². The molecular formula is C24H29F3N6OS. The van der Waals surface area contributed by atoms with E-state index in [0.717, 1.165) is 67.7 Å². The molecule has 7 nitrogen and oxygen atoms in total. The number of anilines is 1. The Bertz CT molecular complexity index is 1150. The van der Waals surface area contributed by atoms with Gasteiger partial charge in [0, 0.05) is 37.6 Å². The first kappa shape index (κ1) is 24.2. The van der Waals surface area contributed by atoms with Crippen molar-refractivity contribution in [2.45, 2.75) is 43.6 Å². The van der Waals surface area contributed by atoms with E-state index in [-0.39, 0.29) is 0 Å². The minimum Gasteiger partial charge on any atom is -0.440 e. The third-order valence-corrected chi connectivity index (χ3v) is 8.21. The van der Waals surface area contributed by atoms with Crippen LogP contribution in [0.3, 0.4) is 0 Å². The van der Waals surface area contributed by atoms with Crippen molar-refractivity contribution in [3.05, 3.63) is 41.9 Å². The number of fused-ring (bicyclic) bond motifs is 1. The lowest BCUT2D eigenvalue weighted by atomic mass is 9.92. The van der Waals surface area contributed by atoms with Gasteiger partial charge in [0.2, 0.25) is 5.82 Å². The van der Waals surface area contributed by atoms with E-state index in [1.165, 1.54) is 18.5 Å². The number of piperidine rings is 1. The van der Waals surface area contributed by atoms with Crippen molar-refractivity contribution >= 4 is 17.4 Å². The van der Waals surface area contributed by atoms with Crippen molar-refractivity contribution in [2.75, 3.05) is 36.8 Å². The molecule has 0 aliphatic carbocycles. The number of rotatable bonds is 7. The monoisotopic (exact) mass is 506 g/mol. The van der Waals surface area contributed by atoms with Gasteiger partial charge in [-0.3, -0.25) is 0 Å². The minimum absolute atomic E-state index is 0.361. The molecule has 2 atom stereocenters. The second kappa shape index (κ2) is 9.85. The number of likely N-dealkylation sites (tertiary alicyclic amines) is 1. The van der Waals surface area contributed by atoms with Gasteiger partial charge in [-0.15, -0.1) is 10.2 Å². The number of thioether (sulfide) groups is 1. The van der Waals surface area contributed by atoms with Crippen LogP contribution in [0.5, 0.6) is 0 Å². The molecule has 11 heteroatoms. The van der Waals surface area contributed by atoms with Crippen LogP contribution in [-0.4, -0.2) is 62.6 Å². The Labute approximate surface area is 206 Å². The van der Waals surface area contributed by atoms with Crippen LogP contribution in [0.2, 0.25) is 0 Å². The first-order valence-corrected chi connectivity index (χ1v) is 12.9. The normalized spacial score (nSPS) is 21.0. The standard InChI is InChI=1S/C24H29F3N6OS/c1-16-21(34-15-28-16)22-29-30-23(31(22)2)35-13-3-10-32-11-8-17-9-12-33(20(17)14-32)19-6-4-18(5-7-19)24(25,26)27/h4-7,15,17,20H,3,8-14H2,1-2H3/t17-,20-/m1/s1. The molecule has 0 radical (unpaired) electrons. The second-order valence-corrected chi connectivity index (χ2v) is 10.3. The third kappa shape index (κ3) is 5.06. The second-order valence-electron chi connectivity index (χ2n) is 9.28. The molecule has 5 rings (SSSR count). The van der Waals surface area contributed by atoms with Gasteiger partial charge in [-0.25, -0.2) is 4.98 Å². The Morgan fingerprint density at radius 3 is 2.60 bits per heavy atom. The summed E-state index contributed by atoms with van der Waals surface area (Å²) < 4.78 is 46.2. The summed E-state index contributed by atoms with van der Waals surface area (Å²) in [5.74, 6) is 2.85. The molecule has 2 saturated heterocycles. The molecule has 2 fully saturated rings. The molecule has 35 heavy (non-hydrogen) atoms. The average molecular weight is 507 g/mol. The van der Waals surface area contributed by atoms with Gasteiger partial charge in [0.25, 0.3) is 0 Å². The SMILES string of the molecule is Cc1ncoc1-c1nnc(SCCCN2CC[C@@H]3CCN(c4ccc(C(F)(F)F)cc4)[C@@H]3C2)n1C. The van der Waals surface area contributed by atoms with E-state index in [1.807, 2.05) is 18.5 Å². The van der Waals surface area contributed by atoms with Crippen LogP contribution in [0.4, 0.5) is 18.9 Å². The third-order valence-electron chi connectivity index (χ3n) is 7.11. The maximum Gasteiger partial charge on any atom is 0.416 e. The quantitative estimate of drug-likeness (QED) is 0.334. The van der Waals surface area contributed by atoms with Crippen LogP contribution in [0.1, 0.15) is 30.5 Å². The van der Waals surface area contributed by atoms with E-state index in [1.54, 1.807) is 23.9 Å². The van der Waals surface area contributed by atoms with Crippen molar-refractivity contribution in [1.82, 2.24) is 24.6 Å². The highest BCUT2D eigenvalue weighted by Crippen LogP contribution is 2.37. The average Bonchev–Trinajstić information content (AvgIpc) is 3.54. The molecule has 0 N–H and O–H groups in total. The molecule has 0 spiro atoms. The van der Waals surface area contributed by atoms with E-state index in [4.69, 9.17) is 4.42 Å². The van der Waals surface area contributed by atoms with E-state index in [0.29, 0.717) is 23.5 Å². The predicted octanol–water partition coefficient (Wildman–Crippen LogP) is 4.88. The molecule has 3 aromatic rings. The molecule has 1 aromatic carbocycles. The number of alkyl halides is 3. The molecule has 0 amide bonds. The van der Waals surface area contributed by atoms with E-state index in [9.17, 15) is 13.2 Å². The van der Waals surface area contributed by atoms with Crippen LogP contribution in [0.25, 0.3) is 11.6 Å². The number of hydrogen-bond acceptors (Lipinski definition) is 7. The molecule has 0 saturated carbocycles. The van der Waals surface area contributed by atoms with Crippen LogP contribution in [0, 0.1) is 12.8 Å². The number of aryl methyl sites for hydroxylation is 1. The van der Waals surface area contributed by atoms with Crippen molar-refractivity contribution in [2.24, 2.45) is 13.0 Å². The zero-order valence-corrected chi connectivity index (χ0v) is 20.6. The van der Waals surface area contributed by atoms with Gasteiger partial charge in [0.1, 0.15) is 0 Å². The first-order chi connectivity index (χ1) is 16.8. The first-order valence-electron chi connectivity index (χ1n) is 11.9. The maximum atomic E-state index is 12.9. The van der Waals surface area contributed by atoms with Gasteiger partial charge in [-0.05, 0) is 69.5 Å². The zero-order valence-electron chi connectivity index (χ0n) is 19.8. The van der Waals surface area contributed by atoms with Gasteiger partial charge in [0.05, 0.1) is 11.3 Å². The number of hydrogen-bond donors (Lipinski definition) is 0. The fraction of sp³-hybridized carbons (Fsp3) is 0.542. The largest absolute Gasteiger partial charge is 0.440 e. The number of oxazole rings is 1. The van der Waals surface area contributed by atoms with Crippen molar-refractivity contribution in [3.8, 4) is 11.6 Å². The summed E-state index contributed by atoms with van der Waals surface area (Å²) in [5.41, 5.74) is 1.09. The lowest BCUT2D eigenvalue weighted by Gasteiger charge is -2.39. The molecule has 188 valence electrons. The topological polar surface area (TPSA) is 63.2 Å². The Hall–Kier alpha value is -2.53. The Morgan fingerprint density at radius 1 is 1.11 bits per heavy atom. The molecule has 2 aliphatic rings. The summed E-state index contributed by atoms with van der Waals surface area (Å²) in [6.45, 7) is 5.81. The highest BCUT2D eigenvalue weighted by molar-refractivity contribution is 7.99. The molecule has 4 heterocycles. The zero-order chi connectivity index (χ0) is 24.6. The molecule has 2 aliphatic heterocycles. The van der Waals surface area contributed by atoms with E-state index in [2.05, 4.69) is 25.0 Å². The molecule has 0 unspecified atom stereocenters. The summed E-state index contributed by atoms with van der Waals surface area (Å²) in [6.07, 6.45) is 0.379. The van der Waals surface area contributed by atoms with Crippen LogP contribution in [0.15, 0.2) is 40.2 Å². The van der Waals surface area contributed by atoms with Gasteiger partial charge in [-0.1, -0.05) is 11.8 Å². The minimum atomic E-state index is -4.30. The Balaban J connectivity index is 1.13. The summed E-state index contributed by atoms with van der Waals surface area (Å²) >= 11 is 1.68. The lowest BCUT2D eigenvalue weighted by Crippen LogP contribution is -2.48. The smallest absolute Gasteiger partial charge is 0.416 e. The van der Waals surface area contributed by atoms with Crippen LogP contribution in [-0.2, 0) is 13.2 Å². The Kier molecular flexibility index (Phi) is 6.80. The maximum absolute atomic E-state index is 12.9. The molecule has 2 aromatic heterocycles. The molecular weight excluding hydrogens is 477 g/mol. The van der Waals surface area contributed by atoms with Gasteiger partial charge >= 0.3 is 6.18 Å². The van der Waals surface area contributed by atoms with Crippen molar-refractivity contribution < 1.29 is 17.6 Å². The van der Waals surface area contributed by atoms with Crippen molar-refractivity contribution in [1.29, 1.82) is 0 Å². The highest BCUT2D eigenvalue weighted by atomic mass is 32.2. The summed E-state index contributed by atoms with van der Waals surface area (Å²) in [7, 11) is 1.93. The summed E-state index contributed by atoms with van der Waals surface area (Å²) in [4.78, 5) is 8.92. The Morgan fingerprint density at radius 2 is 1.89 bits per heavy atom.